The van der Waals surface area contributed by atoms with E-state index in [1.165, 1.54) is 30.7 Å². The number of carbonyl (C=O) groups is 1. The van der Waals surface area contributed by atoms with Gasteiger partial charge in [-0.15, -0.1) is 11.3 Å². The van der Waals surface area contributed by atoms with Crippen LogP contribution >= 0.6 is 11.3 Å². The molecule has 0 aliphatic rings. The zero-order valence-electron chi connectivity index (χ0n) is 18.2. The van der Waals surface area contributed by atoms with Gasteiger partial charge in [-0.2, -0.15) is 0 Å². The first-order valence-electron chi connectivity index (χ1n) is 9.90. The number of methoxy groups -OCH3 is 2. The molecule has 0 spiro atoms. The van der Waals surface area contributed by atoms with E-state index in [-0.39, 0.29) is 32.8 Å². The van der Waals surface area contributed by atoms with Gasteiger partial charge >= 0.3 is 11.7 Å². The van der Waals surface area contributed by atoms with Crippen LogP contribution in [-0.4, -0.2) is 29.7 Å². The largest absolute Gasteiger partial charge is 0.496 e. The van der Waals surface area contributed by atoms with Crippen molar-refractivity contribution in [2.45, 2.75) is 13.0 Å². The van der Waals surface area contributed by atoms with Crippen LogP contribution in [0.3, 0.4) is 0 Å². The number of H-pyrrole nitrogens is 1. The summed E-state index contributed by atoms with van der Waals surface area (Å²) in [4.78, 5) is 40.5. The Balaban J connectivity index is 1.82. The van der Waals surface area contributed by atoms with Crippen molar-refractivity contribution in [3.8, 4) is 17.2 Å². The lowest BCUT2D eigenvalue weighted by molar-refractivity contribution is 0.0603. The maximum Gasteiger partial charge on any atom is 0.339 e. The molecule has 0 saturated heterocycles. The van der Waals surface area contributed by atoms with Crippen LogP contribution in [0.15, 0.2) is 51.4 Å². The van der Waals surface area contributed by atoms with Crippen LogP contribution < -0.4 is 20.7 Å². The highest BCUT2D eigenvalue weighted by atomic mass is 32.1. The summed E-state index contributed by atoms with van der Waals surface area (Å²) in [5.74, 6) is -1.88. The summed E-state index contributed by atoms with van der Waals surface area (Å²) in [6.07, 6.45) is -0.852. The normalized spacial score (nSPS) is 11.9. The Bertz CT molecular complexity index is 1520. The molecule has 0 aliphatic carbocycles. The van der Waals surface area contributed by atoms with E-state index < -0.39 is 40.6 Å². The number of benzene rings is 2. The minimum atomic E-state index is -0.907. The van der Waals surface area contributed by atoms with Crippen LogP contribution in [0, 0.1) is 11.6 Å². The fourth-order valence-electron chi connectivity index (χ4n) is 3.59. The average Bonchev–Trinajstić information content (AvgIpc) is 3.24. The number of thiophene rings is 1. The molecule has 176 valence electrons. The van der Waals surface area contributed by atoms with E-state index in [9.17, 15) is 23.2 Å². The van der Waals surface area contributed by atoms with Crippen molar-refractivity contribution in [1.82, 2.24) is 9.55 Å². The zero-order chi connectivity index (χ0) is 24.6. The van der Waals surface area contributed by atoms with E-state index in [0.717, 1.165) is 30.6 Å². The van der Waals surface area contributed by atoms with Gasteiger partial charge in [0, 0.05) is 11.4 Å². The molecular weight excluding hydrogens is 470 g/mol. The van der Waals surface area contributed by atoms with Crippen LogP contribution in [-0.2, 0) is 4.74 Å². The Morgan fingerprint density at radius 1 is 1.12 bits per heavy atom. The van der Waals surface area contributed by atoms with Gasteiger partial charge in [-0.1, -0.05) is 6.07 Å². The monoisotopic (exact) mass is 488 g/mol. The van der Waals surface area contributed by atoms with E-state index in [1.807, 2.05) is 0 Å². The molecule has 2 aromatic carbocycles. The molecule has 0 amide bonds. The number of hydrogen-bond acceptors (Lipinski definition) is 7. The third-order valence-electron chi connectivity index (χ3n) is 5.15. The van der Waals surface area contributed by atoms with Crippen molar-refractivity contribution in [2.24, 2.45) is 0 Å². The quantitative estimate of drug-likeness (QED) is 0.413. The minimum Gasteiger partial charge on any atom is -0.496 e. The lowest BCUT2D eigenvalue weighted by Gasteiger charge is -2.19. The maximum atomic E-state index is 14.8. The van der Waals surface area contributed by atoms with E-state index in [2.05, 4.69) is 9.72 Å². The van der Waals surface area contributed by atoms with E-state index >= 15 is 0 Å². The molecule has 34 heavy (non-hydrogen) atoms. The molecule has 0 aliphatic heterocycles. The average molecular weight is 488 g/mol. The number of nitrogens with zero attached hydrogens (tertiary/aromatic N) is 1. The number of esters is 1. The SMILES string of the molecule is COC(=O)c1csc2[nH]c(=O)n(-c3cc(OC(C)c4c(F)cccc4OC)ccc3F)c(=O)c12. The van der Waals surface area contributed by atoms with Gasteiger partial charge < -0.3 is 14.2 Å². The minimum absolute atomic E-state index is 0.0504. The number of fused-ring (bicyclic) bond motifs is 1. The van der Waals surface area contributed by atoms with Gasteiger partial charge in [-0.05, 0) is 31.2 Å². The molecule has 2 aromatic heterocycles. The molecule has 0 saturated carbocycles. The van der Waals surface area contributed by atoms with Gasteiger partial charge in [0.25, 0.3) is 5.56 Å². The van der Waals surface area contributed by atoms with Crippen LogP contribution in [0.25, 0.3) is 15.9 Å². The number of halogens is 2. The molecule has 11 heteroatoms. The van der Waals surface area contributed by atoms with Crippen molar-refractivity contribution in [1.29, 1.82) is 0 Å². The van der Waals surface area contributed by atoms with Crippen molar-refractivity contribution >= 4 is 27.5 Å². The molecule has 1 atom stereocenters. The Hall–Kier alpha value is -3.99. The molecule has 2 heterocycles. The maximum absolute atomic E-state index is 14.8. The van der Waals surface area contributed by atoms with Crippen LogP contribution in [0.2, 0.25) is 0 Å². The first kappa shape index (κ1) is 23.2. The number of nitrogens with one attached hydrogen (secondary N) is 1. The lowest BCUT2D eigenvalue weighted by atomic mass is 10.1. The van der Waals surface area contributed by atoms with Crippen molar-refractivity contribution < 1.29 is 27.8 Å². The van der Waals surface area contributed by atoms with Gasteiger partial charge in [0.15, 0.2) is 0 Å². The first-order valence-corrected chi connectivity index (χ1v) is 10.8. The van der Waals surface area contributed by atoms with Gasteiger partial charge in [-0.3, -0.25) is 9.78 Å². The standard InChI is InChI=1S/C23H18F2N2O6S/c1-11(18-15(25)5-4-6-17(18)31-2)33-12-7-8-14(24)16(9-12)27-21(28)19-13(22(29)32-3)10-34-20(19)26-23(27)30/h4-11H,1-3H3,(H,26,30). The molecule has 0 bridgehead atoms. The summed E-state index contributed by atoms with van der Waals surface area (Å²) in [5.41, 5.74) is -2.12. The number of hydrogen-bond donors (Lipinski definition) is 1. The van der Waals surface area contributed by atoms with Gasteiger partial charge in [0.1, 0.15) is 34.1 Å². The molecular formula is C23H18F2N2O6S. The fourth-order valence-corrected chi connectivity index (χ4v) is 4.50. The fraction of sp³-hybridized carbons (Fsp3) is 0.174. The summed E-state index contributed by atoms with van der Waals surface area (Å²) < 4.78 is 45.4. The highest BCUT2D eigenvalue weighted by Gasteiger charge is 2.22. The summed E-state index contributed by atoms with van der Waals surface area (Å²) in [5, 5.41) is 1.27. The van der Waals surface area contributed by atoms with Gasteiger partial charge in [-0.25, -0.2) is 22.9 Å². The first-order chi connectivity index (χ1) is 16.3. The Kier molecular flexibility index (Phi) is 6.20. The molecule has 8 nitrogen and oxygen atoms in total. The Labute approximate surface area is 194 Å². The summed E-state index contributed by atoms with van der Waals surface area (Å²) in [6, 6.07) is 7.75. The van der Waals surface area contributed by atoms with Crippen molar-refractivity contribution in [3.05, 3.63) is 85.4 Å². The number of rotatable bonds is 6. The Morgan fingerprint density at radius 2 is 1.88 bits per heavy atom. The van der Waals surface area contributed by atoms with Crippen molar-refractivity contribution in [2.75, 3.05) is 14.2 Å². The van der Waals surface area contributed by atoms with E-state index in [1.54, 1.807) is 13.0 Å². The molecule has 0 radical (unpaired) electrons. The highest BCUT2D eigenvalue weighted by molar-refractivity contribution is 7.17. The number of carbonyl (C=O) groups excluding carboxylic acids is 1. The van der Waals surface area contributed by atoms with Crippen LogP contribution in [0.1, 0.15) is 28.9 Å². The summed E-state index contributed by atoms with van der Waals surface area (Å²) in [7, 11) is 2.55. The predicted molar refractivity (Wildman–Crippen MR) is 121 cm³/mol. The number of ether oxygens (including phenoxy) is 3. The van der Waals surface area contributed by atoms with E-state index in [4.69, 9.17) is 9.47 Å². The summed E-state index contributed by atoms with van der Waals surface area (Å²) >= 11 is 0.973. The smallest absolute Gasteiger partial charge is 0.339 e. The number of aromatic nitrogens is 2. The molecule has 4 rings (SSSR count). The second-order valence-corrected chi connectivity index (χ2v) is 8.02. The number of aromatic amines is 1. The molecule has 1 N–H and O–H groups in total. The van der Waals surface area contributed by atoms with Crippen LogP contribution in [0.4, 0.5) is 8.78 Å². The lowest BCUT2D eigenvalue weighted by Crippen LogP contribution is -2.34. The van der Waals surface area contributed by atoms with E-state index in [0.29, 0.717) is 4.57 Å². The molecule has 1 unspecified atom stereocenters. The van der Waals surface area contributed by atoms with Crippen LogP contribution in [0.5, 0.6) is 11.5 Å². The second-order valence-electron chi connectivity index (χ2n) is 7.14. The third-order valence-corrected chi connectivity index (χ3v) is 6.04. The highest BCUT2D eigenvalue weighted by Crippen LogP contribution is 2.32. The zero-order valence-corrected chi connectivity index (χ0v) is 19.0. The molecule has 4 aromatic rings. The predicted octanol–water partition coefficient (Wildman–Crippen LogP) is 3.95. The third kappa shape index (κ3) is 3.94. The molecule has 0 fully saturated rings. The van der Waals surface area contributed by atoms with Crippen molar-refractivity contribution in [3.63, 3.8) is 0 Å². The summed E-state index contributed by atoms with van der Waals surface area (Å²) in [6.45, 7) is 1.57. The van der Waals surface area contributed by atoms with Gasteiger partial charge in [0.05, 0.1) is 36.4 Å². The Morgan fingerprint density at radius 3 is 2.59 bits per heavy atom. The van der Waals surface area contributed by atoms with Gasteiger partial charge in [0.2, 0.25) is 0 Å². The second kappa shape index (κ2) is 9.10. The topological polar surface area (TPSA) is 99.6 Å².